The van der Waals surface area contributed by atoms with Crippen LogP contribution in [0.15, 0.2) is 67.4 Å². The number of rotatable bonds is 2. The molecule has 3 aromatic rings. The molecule has 2 aromatic heterocycles. The lowest BCUT2D eigenvalue weighted by atomic mass is 10.2. The predicted molar refractivity (Wildman–Crippen MR) is 87.9 cm³/mol. The van der Waals surface area contributed by atoms with Crippen LogP contribution in [0.4, 0.5) is 17.1 Å². The fourth-order valence-electron chi connectivity index (χ4n) is 2.73. The van der Waals surface area contributed by atoms with Gasteiger partial charge in [-0.1, -0.05) is 18.7 Å². The van der Waals surface area contributed by atoms with Gasteiger partial charge in [0.05, 0.1) is 35.1 Å². The molecule has 5 nitrogen and oxygen atoms in total. The minimum atomic E-state index is 0.893. The average Bonchev–Trinajstić information content (AvgIpc) is 3.17. The Morgan fingerprint density at radius 2 is 1.86 bits per heavy atom. The summed E-state index contributed by atoms with van der Waals surface area (Å²) in [4.78, 5) is 8.73. The summed E-state index contributed by atoms with van der Waals surface area (Å²) in [7, 11) is 2.02. The lowest BCUT2D eigenvalue weighted by Gasteiger charge is -2.21. The van der Waals surface area contributed by atoms with Gasteiger partial charge in [-0.2, -0.15) is 5.10 Å². The molecule has 0 unspecified atom stereocenters. The van der Waals surface area contributed by atoms with Gasteiger partial charge in [-0.15, -0.1) is 0 Å². The van der Waals surface area contributed by atoms with Crippen molar-refractivity contribution in [2.75, 3.05) is 16.8 Å². The third-order valence-electron chi connectivity index (χ3n) is 3.93. The largest absolute Gasteiger partial charge is 0.329 e. The summed E-state index contributed by atoms with van der Waals surface area (Å²) in [5.74, 6) is 0.916. The number of H-pyrrole nitrogens is 1. The summed E-state index contributed by atoms with van der Waals surface area (Å²) in [6, 6.07) is 12.3. The highest BCUT2D eigenvalue weighted by atomic mass is 15.4. The van der Waals surface area contributed by atoms with Gasteiger partial charge in [-0.05, 0) is 24.3 Å². The number of aromatic amines is 1. The number of benzene rings is 1. The molecule has 0 saturated carbocycles. The Labute approximate surface area is 128 Å². The predicted octanol–water partition coefficient (Wildman–Crippen LogP) is 3.53. The second kappa shape index (κ2) is 4.73. The topological polar surface area (TPSA) is 48.0 Å². The summed E-state index contributed by atoms with van der Waals surface area (Å²) in [6.45, 7) is 4.19. The van der Waals surface area contributed by atoms with E-state index >= 15 is 0 Å². The van der Waals surface area contributed by atoms with Crippen molar-refractivity contribution >= 4 is 17.1 Å². The molecule has 5 heteroatoms. The second-order valence-electron chi connectivity index (χ2n) is 5.19. The maximum atomic E-state index is 4.54. The number of nitrogens with zero attached hydrogens (tertiary/aromatic N) is 4. The van der Waals surface area contributed by atoms with Crippen LogP contribution in [0.2, 0.25) is 0 Å². The van der Waals surface area contributed by atoms with Gasteiger partial charge in [0.25, 0.3) is 0 Å². The van der Waals surface area contributed by atoms with Gasteiger partial charge in [0.15, 0.2) is 0 Å². The highest BCUT2D eigenvalue weighted by molar-refractivity contribution is 5.87. The molecule has 0 radical (unpaired) electrons. The molecule has 0 spiro atoms. The van der Waals surface area contributed by atoms with Gasteiger partial charge in [0.1, 0.15) is 5.82 Å². The third-order valence-corrected chi connectivity index (χ3v) is 3.93. The molecule has 0 amide bonds. The van der Waals surface area contributed by atoms with Gasteiger partial charge < -0.3 is 4.90 Å². The maximum Gasteiger partial charge on any atom is 0.110 e. The zero-order chi connectivity index (χ0) is 15.1. The average molecular weight is 289 g/mol. The van der Waals surface area contributed by atoms with E-state index in [0.717, 1.165) is 34.1 Å². The van der Waals surface area contributed by atoms with Crippen LogP contribution in [0.25, 0.3) is 11.3 Å². The molecule has 22 heavy (non-hydrogen) atoms. The van der Waals surface area contributed by atoms with E-state index in [-0.39, 0.29) is 0 Å². The summed E-state index contributed by atoms with van der Waals surface area (Å²) in [5.41, 5.74) is 5.13. The molecular formula is C17H15N5. The van der Waals surface area contributed by atoms with Crippen molar-refractivity contribution in [3.05, 3.63) is 67.4 Å². The molecule has 1 aliphatic heterocycles. The molecule has 0 atom stereocenters. The minimum Gasteiger partial charge on any atom is -0.329 e. The maximum absolute atomic E-state index is 4.54. The highest BCUT2D eigenvalue weighted by Gasteiger charge is 2.28. The normalized spacial score (nSPS) is 13.6. The van der Waals surface area contributed by atoms with Crippen molar-refractivity contribution in [3.63, 3.8) is 0 Å². The van der Waals surface area contributed by atoms with E-state index in [1.807, 2.05) is 37.6 Å². The van der Waals surface area contributed by atoms with Crippen LogP contribution >= 0.6 is 0 Å². The van der Waals surface area contributed by atoms with E-state index in [1.54, 1.807) is 6.20 Å². The van der Waals surface area contributed by atoms with E-state index in [9.17, 15) is 0 Å². The van der Waals surface area contributed by atoms with Gasteiger partial charge in [-0.25, -0.2) is 0 Å². The molecule has 3 heterocycles. The number of fused-ring (bicyclic) bond motifs is 1. The van der Waals surface area contributed by atoms with Crippen molar-refractivity contribution in [1.29, 1.82) is 0 Å². The quantitative estimate of drug-likeness (QED) is 0.784. The Morgan fingerprint density at radius 1 is 1.05 bits per heavy atom. The summed E-state index contributed by atoms with van der Waals surface area (Å²) >= 11 is 0. The molecule has 0 fully saturated rings. The van der Waals surface area contributed by atoms with Gasteiger partial charge in [-0.3, -0.25) is 15.0 Å². The SMILES string of the molecule is C=C1N(C)c2ccccc2N1c1ccc(-c2cn[nH]c2)nc1. The Morgan fingerprint density at radius 3 is 2.55 bits per heavy atom. The standard InChI is InChI=1S/C17H15N5/c1-12-21(2)16-5-3-4-6-17(16)22(12)14-7-8-15(18-11-14)13-9-19-20-10-13/h3-11H,1H2,2H3,(H,19,20). The van der Waals surface area contributed by atoms with Crippen LogP contribution in [-0.2, 0) is 0 Å². The summed E-state index contributed by atoms with van der Waals surface area (Å²) < 4.78 is 0. The number of hydrogen-bond donors (Lipinski definition) is 1. The lowest BCUT2D eigenvalue weighted by Crippen LogP contribution is -2.20. The molecule has 1 N–H and O–H groups in total. The molecular weight excluding hydrogens is 274 g/mol. The third kappa shape index (κ3) is 1.79. The summed E-state index contributed by atoms with van der Waals surface area (Å²) in [6.07, 6.45) is 5.46. The van der Waals surface area contributed by atoms with Gasteiger partial charge in [0, 0.05) is 18.8 Å². The first-order chi connectivity index (χ1) is 10.8. The monoisotopic (exact) mass is 289 g/mol. The van der Waals surface area contributed by atoms with E-state index in [1.165, 1.54) is 0 Å². The fourth-order valence-corrected chi connectivity index (χ4v) is 2.73. The first-order valence-electron chi connectivity index (χ1n) is 7.03. The van der Waals surface area contributed by atoms with E-state index in [0.29, 0.717) is 0 Å². The van der Waals surface area contributed by atoms with Crippen molar-refractivity contribution in [2.45, 2.75) is 0 Å². The lowest BCUT2D eigenvalue weighted by molar-refractivity contribution is 1.09. The van der Waals surface area contributed by atoms with Crippen LogP contribution in [-0.4, -0.2) is 22.2 Å². The number of aromatic nitrogens is 3. The molecule has 4 rings (SSSR count). The number of pyridine rings is 1. The number of anilines is 3. The first kappa shape index (κ1) is 12.6. The molecule has 0 aliphatic carbocycles. The van der Waals surface area contributed by atoms with Crippen molar-refractivity contribution in [1.82, 2.24) is 15.2 Å². The number of para-hydroxylation sites is 2. The van der Waals surface area contributed by atoms with E-state index in [2.05, 4.69) is 49.8 Å². The van der Waals surface area contributed by atoms with Crippen molar-refractivity contribution in [2.24, 2.45) is 0 Å². The molecule has 0 saturated heterocycles. The number of nitrogens with one attached hydrogen (secondary N) is 1. The van der Waals surface area contributed by atoms with Crippen molar-refractivity contribution in [3.8, 4) is 11.3 Å². The van der Waals surface area contributed by atoms with Crippen LogP contribution < -0.4 is 9.80 Å². The van der Waals surface area contributed by atoms with E-state index < -0.39 is 0 Å². The molecule has 0 bridgehead atoms. The van der Waals surface area contributed by atoms with Crippen LogP contribution in [0, 0.1) is 0 Å². The van der Waals surface area contributed by atoms with Gasteiger partial charge >= 0.3 is 0 Å². The fraction of sp³-hybridized carbons (Fsp3) is 0.0588. The second-order valence-corrected chi connectivity index (χ2v) is 5.19. The van der Waals surface area contributed by atoms with Gasteiger partial charge in [0.2, 0.25) is 0 Å². The summed E-state index contributed by atoms with van der Waals surface area (Å²) in [5, 5.41) is 6.76. The first-order valence-corrected chi connectivity index (χ1v) is 7.03. The zero-order valence-corrected chi connectivity index (χ0v) is 12.2. The minimum absolute atomic E-state index is 0.893. The Kier molecular flexibility index (Phi) is 2.72. The smallest absolute Gasteiger partial charge is 0.110 e. The Hall–Kier alpha value is -3.08. The number of hydrogen-bond acceptors (Lipinski definition) is 4. The molecule has 108 valence electrons. The van der Waals surface area contributed by atoms with E-state index in [4.69, 9.17) is 0 Å². The van der Waals surface area contributed by atoms with Crippen LogP contribution in [0.5, 0.6) is 0 Å². The van der Waals surface area contributed by atoms with Crippen LogP contribution in [0.3, 0.4) is 0 Å². The highest BCUT2D eigenvalue weighted by Crippen LogP contribution is 2.44. The van der Waals surface area contributed by atoms with Crippen LogP contribution in [0.1, 0.15) is 0 Å². The zero-order valence-electron chi connectivity index (χ0n) is 12.2. The van der Waals surface area contributed by atoms with Crippen molar-refractivity contribution < 1.29 is 0 Å². The molecule has 1 aliphatic rings. The Balaban J connectivity index is 1.75. The molecule has 1 aromatic carbocycles. The Bertz CT molecular complexity index is 821.